The van der Waals surface area contributed by atoms with Gasteiger partial charge < -0.3 is 20.7 Å². The zero-order chi connectivity index (χ0) is 27.4. The molecule has 0 saturated heterocycles. The maximum Gasteiger partial charge on any atom is 0.416 e. The number of hydrogen-bond acceptors (Lipinski definition) is 7. The highest BCUT2D eigenvalue weighted by Crippen LogP contribution is 2.35. The van der Waals surface area contributed by atoms with E-state index < -0.39 is 17.8 Å². The Morgan fingerprint density at radius 1 is 1.08 bits per heavy atom. The summed E-state index contributed by atoms with van der Waals surface area (Å²) >= 11 is 1.51. The Hall–Kier alpha value is -4.65. The number of nitrogens with zero attached hydrogens (tertiary/aromatic N) is 4. The molecule has 3 N–H and O–H groups in total. The van der Waals surface area contributed by atoms with Crippen LogP contribution in [-0.2, 0) is 6.18 Å². The number of ether oxygens (including phenoxy) is 1. The summed E-state index contributed by atoms with van der Waals surface area (Å²) in [5, 5.41) is 9.98. The van der Waals surface area contributed by atoms with E-state index >= 15 is 0 Å². The molecule has 0 saturated carbocycles. The summed E-state index contributed by atoms with van der Waals surface area (Å²) in [5.41, 5.74) is 2.27. The molecule has 9 nitrogen and oxygen atoms in total. The van der Waals surface area contributed by atoms with Crippen molar-refractivity contribution in [3.63, 3.8) is 0 Å². The van der Waals surface area contributed by atoms with Gasteiger partial charge in [0.05, 0.1) is 24.1 Å². The number of carbonyl (C=O) groups excluding carboxylic acids is 1. The Bertz CT molecular complexity index is 1620. The molecular formula is C26H22F3N7O2S. The van der Waals surface area contributed by atoms with Crippen molar-refractivity contribution >= 4 is 34.0 Å². The Morgan fingerprint density at radius 3 is 2.74 bits per heavy atom. The fourth-order valence-corrected chi connectivity index (χ4v) is 4.59. The van der Waals surface area contributed by atoms with E-state index in [-0.39, 0.29) is 18.8 Å². The van der Waals surface area contributed by atoms with E-state index in [4.69, 9.17) is 9.72 Å². The van der Waals surface area contributed by atoms with Crippen LogP contribution in [0.5, 0.6) is 5.75 Å². The number of nitrogens with one attached hydrogen (secondary N) is 3. The highest BCUT2D eigenvalue weighted by atomic mass is 32.1. The van der Waals surface area contributed by atoms with Crippen molar-refractivity contribution in [2.24, 2.45) is 0 Å². The van der Waals surface area contributed by atoms with Crippen LogP contribution in [0.2, 0.25) is 0 Å². The van der Waals surface area contributed by atoms with Crippen molar-refractivity contribution in [1.29, 1.82) is 0 Å². The second-order valence-corrected chi connectivity index (χ2v) is 9.12. The van der Waals surface area contributed by atoms with E-state index in [0.29, 0.717) is 17.4 Å². The molecular weight excluding hydrogens is 531 g/mol. The smallest absolute Gasteiger partial charge is 0.416 e. The van der Waals surface area contributed by atoms with Gasteiger partial charge in [0.1, 0.15) is 11.4 Å². The molecule has 13 heteroatoms. The molecule has 0 unspecified atom stereocenters. The molecule has 0 atom stereocenters. The first-order chi connectivity index (χ1) is 18.8. The Kier molecular flexibility index (Phi) is 7.32. The second kappa shape index (κ2) is 11.0. The predicted octanol–water partition coefficient (Wildman–Crippen LogP) is 5.78. The Morgan fingerprint density at radius 2 is 1.92 bits per heavy atom. The third kappa shape index (κ3) is 5.93. The summed E-state index contributed by atoms with van der Waals surface area (Å²) in [5.74, 6) is 1.05. The van der Waals surface area contributed by atoms with Crippen LogP contribution in [0.25, 0.3) is 27.6 Å². The number of anilines is 2. The van der Waals surface area contributed by atoms with Crippen molar-refractivity contribution < 1.29 is 22.7 Å². The number of amides is 2. The minimum Gasteiger partial charge on any atom is -0.497 e. The molecule has 0 aliphatic heterocycles. The van der Waals surface area contributed by atoms with Crippen molar-refractivity contribution in [2.45, 2.75) is 6.18 Å². The second-order valence-electron chi connectivity index (χ2n) is 8.25. The number of fused-ring (bicyclic) bond motifs is 1. The molecule has 5 rings (SSSR count). The lowest BCUT2D eigenvalue weighted by molar-refractivity contribution is -0.137. The van der Waals surface area contributed by atoms with E-state index in [0.717, 1.165) is 34.0 Å². The molecule has 0 fully saturated rings. The van der Waals surface area contributed by atoms with Crippen molar-refractivity contribution in [2.75, 3.05) is 30.8 Å². The molecule has 0 aliphatic carbocycles. The van der Waals surface area contributed by atoms with E-state index in [9.17, 15) is 18.0 Å². The van der Waals surface area contributed by atoms with Gasteiger partial charge >= 0.3 is 12.2 Å². The average molecular weight is 554 g/mol. The molecule has 3 heterocycles. The number of carbonyl (C=O) groups is 1. The molecule has 0 aliphatic rings. The van der Waals surface area contributed by atoms with E-state index in [1.54, 1.807) is 19.4 Å². The lowest BCUT2D eigenvalue weighted by atomic mass is 10.1. The van der Waals surface area contributed by atoms with Gasteiger partial charge in [-0.2, -0.15) is 13.2 Å². The molecule has 5 aromatic rings. The summed E-state index contributed by atoms with van der Waals surface area (Å²) in [6, 6.07) is 13.2. The molecule has 2 amide bonds. The molecule has 3 aromatic heterocycles. The SMILES string of the molecule is COc1cccc(-c2nc3sccn3c2-c2ccnc(NCCNC(=O)Nc3cccc(C(F)(F)F)c3)n2)c1. The van der Waals surface area contributed by atoms with Gasteiger partial charge in [-0.3, -0.25) is 4.40 Å². The number of urea groups is 1. The van der Waals surface area contributed by atoms with Crippen LogP contribution in [0.3, 0.4) is 0 Å². The van der Waals surface area contributed by atoms with Crippen molar-refractivity contribution in [3.8, 4) is 28.4 Å². The standard InChI is InChI=1S/C26H22F3N7O2S/c1-38-19-7-2-4-16(14-19)21-22(36-12-13-39-25(36)35-21)20-8-9-30-23(34-20)31-10-11-32-24(37)33-18-6-3-5-17(15-18)26(27,28)29/h2-9,12-15H,10-11H2,1H3,(H,30,31,34)(H2,32,33,37). The third-order valence-corrected chi connectivity index (χ3v) is 6.40. The molecule has 39 heavy (non-hydrogen) atoms. The largest absolute Gasteiger partial charge is 0.497 e. The fraction of sp³-hybridized carbons (Fsp3) is 0.154. The van der Waals surface area contributed by atoms with Crippen LogP contribution in [0.4, 0.5) is 29.6 Å². The number of thiazole rings is 1. The zero-order valence-corrected chi connectivity index (χ0v) is 21.3. The molecule has 0 spiro atoms. The number of methoxy groups -OCH3 is 1. The fourth-order valence-electron chi connectivity index (χ4n) is 3.88. The molecule has 2 aromatic carbocycles. The Balaban J connectivity index is 1.25. The van der Waals surface area contributed by atoms with Gasteiger partial charge in [-0.1, -0.05) is 18.2 Å². The highest BCUT2D eigenvalue weighted by molar-refractivity contribution is 7.15. The molecule has 200 valence electrons. The first kappa shape index (κ1) is 26.0. The molecule has 0 bridgehead atoms. The summed E-state index contributed by atoms with van der Waals surface area (Å²) < 4.78 is 46.0. The van der Waals surface area contributed by atoms with Gasteiger partial charge in [-0.25, -0.2) is 19.7 Å². The minimum atomic E-state index is -4.49. The monoisotopic (exact) mass is 553 g/mol. The first-order valence-corrected chi connectivity index (χ1v) is 12.6. The minimum absolute atomic E-state index is 0.0405. The maximum absolute atomic E-state index is 12.9. The average Bonchev–Trinajstić information content (AvgIpc) is 3.53. The van der Waals surface area contributed by atoms with Gasteiger partial charge in [-0.15, -0.1) is 11.3 Å². The van der Waals surface area contributed by atoms with Crippen LogP contribution in [0.1, 0.15) is 5.56 Å². The highest BCUT2D eigenvalue weighted by Gasteiger charge is 2.30. The van der Waals surface area contributed by atoms with Crippen LogP contribution < -0.4 is 20.7 Å². The summed E-state index contributed by atoms with van der Waals surface area (Å²) in [7, 11) is 1.61. The number of alkyl halides is 3. The van der Waals surface area contributed by atoms with Gasteiger partial charge in [0.15, 0.2) is 4.96 Å². The first-order valence-electron chi connectivity index (χ1n) is 11.7. The van der Waals surface area contributed by atoms with E-state index in [1.165, 1.54) is 23.5 Å². The zero-order valence-electron chi connectivity index (χ0n) is 20.5. The van der Waals surface area contributed by atoms with Crippen molar-refractivity contribution in [3.05, 3.63) is 77.9 Å². The summed E-state index contributed by atoms with van der Waals surface area (Å²) in [6.07, 6.45) is -0.943. The lowest BCUT2D eigenvalue weighted by Crippen LogP contribution is -2.32. The van der Waals surface area contributed by atoms with Crippen LogP contribution >= 0.6 is 11.3 Å². The number of aromatic nitrogens is 4. The maximum atomic E-state index is 12.9. The van der Waals surface area contributed by atoms with Crippen LogP contribution in [-0.4, -0.2) is 45.6 Å². The van der Waals surface area contributed by atoms with Crippen LogP contribution in [0, 0.1) is 0 Å². The van der Waals surface area contributed by atoms with Gasteiger partial charge in [-0.05, 0) is 36.4 Å². The van der Waals surface area contributed by atoms with E-state index in [2.05, 4.69) is 25.9 Å². The number of imidazole rings is 1. The van der Waals surface area contributed by atoms with Gasteiger partial charge in [0.25, 0.3) is 0 Å². The number of halogens is 3. The number of benzene rings is 2. The van der Waals surface area contributed by atoms with Crippen molar-refractivity contribution in [1.82, 2.24) is 24.7 Å². The van der Waals surface area contributed by atoms with Gasteiger partial charge in [0.2, 0.25) is 5.95 Å². The molecule has 0 radical (unpaired) electrons. The summed E-state index contributed by atoms with van der Waals surface area (Å²) in [4.78, 5) is 26.6. The lowest BCUT2D eigenvalue weighted by Gasteiger charge is -2.11. The third-order valence-electron chi connectivity index (χ3n) is 5.64. The predicted molar refractivity (Wildman–Crippen MR) is 143 cm³/mol. The summed E-state index contributed by atoms with van der Waals surface area (Å²) in [6.45, 7) is 0.456. The quantitative estimate of drug-likeness (QED) is 0.210. The van der Waals surface area contributed by atoms with Gasteiger partial charge in [0, 0.05) is 42.1 Å². The van der Waals surface area contributed by atoms with E-state index in [1.807, 2.05) is 40.2 Å². The topological polar surface area (TPSA) is 105 Å². The number of rotatable bonds is 8. The Labute approximate surface area is 224 Å². The van der Waals surface area contributed by atoms with Crippen LogP contribution in [0.15, 0.2) is 72.4 Å². The normalized spacial score (nSPS) is 11.4. The number of hydrogen-bond donors (Lipinski definition) is 3.